The first kappa shape index (κ1) is 15.4. The molecule has 108 valence electrons. The third-order valence-electron chi connectivity index (χ3n) is 3.72. The first-order chi connectivity index (χ1) is 9.61. The lowest BCUT2D eigenvalue weighted by Crippen LogP contribution is -2.35. The highest BCUT2D eigenvalue weighted by Gasteiger charge is 2.31. The summed E-state index contributed by atoms with van der Waals surface area (Å²) in [6, 6.07) is 7.35. The Morgan fingerprint density at radius 1 is 1.30 bits per heavy atom. The Kier molecular flexibility index (Phi) is 5.16. The third-order valence-corrected chi connectivity index (χ3v) is 4.95. The topological polar surface area (TPSA) is 53.4 Å². The predicted molar refractivity (Wildman–Crippen MR) is 82.5 cm³/mol. The van der Waals surface area contributed by atoms with Gasteiger partial charge in [0.15, 0.2) is 0 Å². The lowest BCUT2D eigenvalue weighted by atomic mass is 9.78. The Hall–Kier alpha value is -0.940. The van der Waals surface area contributed by atoms with Gasteiger partial charge in [-0.05, 0) is 37.5 Å². The number of thiazole rings is 1. The summed E-state index contributed by atoms with van der Waals surface area (Å²) in [5, 5.41) is 20.2. The predicted octanol–water partition coefficient (Wildman–Crippen LogP) is 2.96. The third kappa shape index (κ3) is 3.20. The Morgan fingerprint density at radius 2 is 2.05 bits per heavy atom. The smallest absolute Gasteiger partial charge is 0.0797 e. The number of halogens is 1. The number of aryl methyl sites for hydroxylation is 2. The van der Waals surface area contributed by atoms with Gasteiger partial charge in [0, 0.05) is 15.3 Å². The van der Waals surface area contributed by atoms with Gasteiger partial charge in [-0.15, -0.1) is 11.3 Å². The number of nitrogens with zero attached hydrogens (tertiary/aromatic N) is 1. The van der Waals surface area contributed by atoms with Gasteiger partial charge >= 0.3 is 0 Å². The minimum Gasteiger partial charge on any atom is -0.395 e. The molecule has 0 saturated heterocycles. The van der Waals surface area contributed by atoms with E-state index in [-0.39, 0.29) is 13.2 Å². The summed E-state index contributed by atoms with van der Waals surface area (Å²) in [5.74, 6) is 0. The average molecular weight is 312 g/mol. The second-order valence-electron chi connectivity index (χ2n) is 4.97. The number of rotatable bonds is 6. The van der Waals surface area contributed by atoms with Crippen LogP contribution in [0.3, 0.4) is 0 Å². The lowest BCUT2D eigenvalue weighted by molar-refractivity contribution is 0.110. The van der Waals surface area contributed by atoms with Gasteiger partial charge in [-0.25, -0.2) is 4.98 Å². The quantitative estimate of drug-likeness (QED) is 0.862. The standard InChI is InChI=1S/C15H18ClNO2S/c1-11-14(20-10-17-11)5-6-15(8-18,9-19)12-3-2-4-13(16)7-12/h2-4,7,10,18-19H,5-6,8-9H2,1H3. The maximum Gasteiger partial charge on any atom is 0.0797 e. The maximum atomic E-state index is 9.80. The van der Waals surface area contributed by atoms with Crippen molar-refractivity contribution >= 4 is 22.9 Å². The van der Waals surface area contributed by atoms with Crippen LogP contribution in [0.1, 0.15) is 22.6 Å². The molecule has 1 aromatic heterocycles. The summed E-state index contributed by atoms with van der Waals surface area (Å²) in [7, 11) is 0. The molecule has 2 N–H and O–H groups in total. The van der Waals surface area contributed by atoms with Crippen molar-refractivity contribution in [1.29, 1.82) is 0 Å². The number of aromatic nitrogens is 1. The van der Waals surface area contributed by atoms with Gasteiger partial charge in [0.05, 0.1) is 24.4 Å². The van der Waals surface area contributed by atoms with Crippen molar-refractivity contribution in [3.05, 3.63) is 50.9 Å². The lowest BCUT2D eigenvalue weighted by Gasteiger charge is -2.30. The summed E-state index contributed by atoms with van der Waals surface area (Å²) < 4.78 is 0. The zero-order valence-electron chi connectivity index (χ0n) is 11.3. The summed E-state index contributed by atoms with van der Waals surface area (Å²) >= 11 is 7.63. The molecule has 0 bridgehead atoms. The highest BCUT2D eigenvalue weighted by Crippen LogP contribution is 2.31. The van der Waals surface area contributed by atoms with E-state index in [0.717, 1.165) is 17.7 Å². The molecule has 0 radical (unpaired) electrons. The number of aliphatic hydroxyl groups excluding tert-OH is 2. The molecule has 2 rings (SSSR count). The van der Waals surface area contributed by atoms with Crippen LogP contribution < -0.4 is 0 Å². The molecule has 5 heteroatoms. The van der Waals surface area contributed by atoms with Crippen LogP contribution in [-0.2, 0) is 11.8 Å². The largest absolute Gasteiger partial charge is 0.395 e. The molecule has 20 heavy (non-hydrogen) atoms. The van der Waals surface area contributed by atoms with Crippen molar-refractivity contribution in [1.82, 2.24) is 4.98 Å². The van der Waals surface area contributed by atoms with Crippen LogP contribution in [0.5, 0.6) is 0 Å². The van der Waals surface area contributed by atoms with Crippen molar-refractivity contribution in [2.24, 2.45) is 0 Å². The van der Waals surface area contributed by atoms with Crippen molar-refractivity contribution in [2.45, 2.75) is 25.2 Å². The number of benzene rings is 1. The van der Waals surface area contributed by atoms with Gasteiger partial charge < -0.3 is 10.2 Å². The fourth-order valence-corrected chi connectivity index (χ4v) is 3.24. The van der Waals surface area contributed by atoms with Crippen LogP contribution >= 0.6 is 22.9 Å². The van der Waals surface area contributed by atoms with E-state index in [0.29, 0.717) is 11.4 Å². The Labute approximate surface area is 127 Å². The highest BCUT2D eigenvalue weighted by molar-refractivity contribution is 7.09. The van der Waals surface area contributed by atoms with Gasteiger partial charge in [-0.2, -0.15) is 0 Å². The molecular formula is C15H18ClNO2S. The van der Waals surface area contributed by atoms with E-state index in [4.69, 9.17) is 11.6 Å². The molecule has 1 heterocycles. The second-order valence-corrected chi connectivity index (χ2v) is 6.34. The maximum absolute atomic E-state index is 9.80. The minimum atomic E-state index is -0.665. The Morgan fingerprint density at radius 3 is 2.60 bits per heavy atom. The van der Waals surface area contributed by atoms with E-state index >= 15 is 0 Å². The van der Waals surface area contributed by atoms with Crippen LogP contribution in [0.15, 0.2) is 29.8 Å². The molecule has 0 atom stereocenters. The van der Waals surface area contributed by atoms with Crippen LogP contribution in [0.2, 0.25) is 5.02 Å². The van der Waals surface area contributed by atoms with Crippen LogP contribution in [0, 0.1) is 6.92 Å². The first-order valence-corrected chi connectivity index (χ1v) is 7.74. The van der Waals surface area contributed by atoms with Gasteiger partial charge in [0.2, 0.25) is 0 Å². The summed E-state index contributed by atoms with van der Waals surface area (Å²) in [6.07, 6.45) is 1.44. The average Bonchev–Trinajstić information content (AvgIpc) is 2.86. The van der Waals surface area contributed by atoms with E-state index in [2.05, 4.69) is 4.98 Å². The van der Waals surface area contributed by atoms with Gasteiger partial charge in [-0.1, -0.05) is 23.7 Å². The minimum absolute atomic E-state index is 0.109. The van der Waals surface area contributed by atoms with E-state index in [9.17, 15) is 10.2 Å². The van der Waals surface area contributed by atoms with E-state index in [1.54, 1.807) is 17.4 Å². The molecule has 0 aliphatic rings. The Balaban J connectivity index is 2.23. The molecule has 0 saturated carbocycles. The highest BCUT2D eigenvalue weighted by atomic mass is 35.5. The van der Waals surface area contributed by atoms with Gasteiger partial charge in [-0.3, -0.25) is 0 Å². The summed E-state index contributed by atoms with van der Waals surface area (Å²) in [6.45, 7) is 1.76. The van der Waals surface area contributed by atoms with Crippen LogP contribution in [0.4, 0.5) is 0 Å². The van der Waals surface area contributed by atoms with Crippen LogP contribution in [-0.4, -0.2) is 28.4 Å². The monoisotopic (exact) mass is 311 g/mol. The normalized spacial score (nSPS) is 11.8. The molecule has 2 aromatic rings. The molecule has 1 aromatic carbocycles. The first-order valence-electron chi connectivity index (χ1n) is 6.48. The molecule has 0 amide bonds. The fourth-order valence-electron chi connectivity index (χ4n) is 2.27. The van der Waals surface area contributed by atoms with E-state index in [1.165, 1.54) is 4.88 Å². The molecular weight excluding hydrogens is 294 g/mol. The van der Waals surface area contributed by atoms with Crippen molar-refractivity contribution in [3.8, 4) is 0 Å². The zero-order chi connectivity index (χ0) is 14.6. The van der Waals surface area contributed by atoms with Gasteiger partial charge in [0.25, 0.3) is 0 Å². The zero-order valence-corrected chi connectivity index (χ0v) is 12.9. The Bertz CT molecular complexity index is 567. The van der Waals surface area contributed by atoms with E-state index < -0.39 is 5.41 Å². The summed E-state index contributed by atoms with van der Waals surface area (Å²) in [5.41, 5.74) is 3.05. The van der Waals surface area contributed by atoms with Crippen molar-refractivity contribution in [2.75, 3.05) is 13.2 Å². The van der Waals surface area contributed by atoms with Crippen molar-refractivity contribution in [3.63, 3.8) is 0 Å². The number of hydrogen-bond acceptors (Lipinski definition) is 4. The molecule has 0 spiro atoms. The number of hydrogen-bond donors (Lipinski definition) is 2. The molecule has 0 unspecified atom stereocenters. The molecule has 0 aliphatic carbocycles. The number of aliphatic hydroxyl groups is 2. The summed E-state index contributed by atoms with van der Waals surface area (Å²) in [4.78, 5) is 5.42. The SMILES string of the molecule is Cc1ncsc1CCC(CO)(CO)c1cccc(Cl)c1. The van der Waals surface area contributed by atoms with E-state index in [1.807, 2.05) is 30.6 Å². The van der Waals surface area contributed by atoms with Gasteiger partial charge in [0.1, 0.15) is 0 Å². The second kappa shape index (κ2) is 6.68. The molecule has 0 fully saturated rings. The molecule has 0 aliphatic heterocycles. The fraction of sp³-hybridized carbons (Fsp3) is 0.400. The van der Waals surface area contributed by atoms with Crippen molar-refractivity contribution < 1.29 is 10.2 Å². The van der Waals surface area contributed by atoms with Crippen LogP contribution in [0.25, 0.3) is 0 Å². The molecule has 3 nitrogen and oxygen atoms in total.